The van der Waals surface area contributed by atoms with E-state index >= 15 is 0 Å². The molecule has 0 amide bonds. The fourth-order valence-corrected chi connectivity index (χ4v) is 2.13. The van der Waals surface area contributed by atoms with Crippen molar-refractivity contribution < 1.29 is 18.9 Å². The Bertz CT molecular complexity index is 233. The Balaban J connectivity index is 2.07. The molecule has 4 atom stereocenters. The maximum absolute atomic E-state index is 5.74. The fourth-order valence-electron chi connectivity index (χ4n) is 2.13. The number of hydrogen-bond donors (Lipinski definition) is 1. The van der Waals surface area contributed by atoms with Gasteiger partial charge in [0.15, 0.2) is 12.1 Å². The Morgan fingerprint density at radius 2 is 2.07 bits per heavy atom. The van der Waals surface area contributed by atoms with E-state index in [1.54, 1.807) is 0 Å². The molecule has 5 heteroatoms. The highest BCUT2D eigenvalue weighted by Crippen LogP contribution is 2.38. The fraction of sp³-hybridized carbons (Fsp3) is 1.00. The number of fused-ring (bicyclic) bond motifs is 1. The molecule has 0 unspecified atom stereocenters. The van der Waals surface area contributed by atoms with E-state index in [9.17, 15) is 0 Å². The summed E-state index contributed by atoms with van der Waals surface area (Å²) in [6.45, 7) is 6.73. The van der Waals surface area contributed by atoms with Crippen molar-refractivity contribution in [2.75, 3.05) is 13.2 Å². The zero-order chi connectivity index (χ0) is 11.1. The zero-order valence-corrected chi connectivity index (χ0v) is 9.43. The summed E-state index contributed by atoms with van der Waals surface area (Å²) in [5.41, 5.74) is 5.61. The summed E-state index contributed by atoms with van der Waals surface area (Å²) in [6, 6.07) is 0. The van der Waals surface area contributed by atoms with Gasteiger partial charge in [-0.25, -0.2) is 0 Å². The molecule has 0 saturated carbocycles. The van der Waals surface area contributed by atoms with Gasteiger partial charge in [0, 0.05) is 13.2 Å². The van der Waals surface area contributed by atoms with Crippen molar-refractivity contribution in [1.82, 2.24) is 0 Å². The molecular formula is C10H19NO4. The maximum Gasteiger partial charge on any atom is 0.190 e. The normalized spacial score (nSPS) is 43.2. The first-order valence-corrected chi connectivity index (χ1v) is 5.40. The zero-order valence-electron chi connectivity index (χ0n) is 9.43. The van der Waals surface area contributed by atoms with Crippen molar-refractivity contribution in [1.29, 1.82) is 0 Å². The predicted octanol–water partition coefficient (Wildman–Crippen LogP) is 0.227. The van der Waals surface area contributed by atoms with Gasteiger partial charge in [-0.15, -0.1) is 0 Å². The minimum atomic E-state index is -0.593. The van der Waals surface area contributed by atoms with Crippen LogP contribution in [-0.4, -0.2) is 43.5 Å². The Labute approximate surface area is 89.8 Å². The molecular weight excluding hydrogens is 198 g/mol. The molecule has 0 radical (unpaired) electrons. The van der Waals surface area contributed by atoms with Gasteiger partial charge in [0.25, 0.3) is 0 Å². The van der Waals surface area contributed by atoms with E-state index in [4.69, 9.17) is 24.7 Å². The van der Waals surface area contributed by atoms with Gasteiger partial charge < -0.3 is 24.7 Å². The van der Waals surface area contributed by atoms with Crippen LogP contribution in [0, 0.1) is 0 Å². The molecule has 2 N–H and O–H groups in total. The highest BCUT2D eigenvalue weighted by atomic mass is 16.8. The van der Waals surface area contributed by atoms with Crippen LogP contribution in [0.1, 0.15) is 20.8 Å². The Kier molecular flexibility index (Phi) is 3.00. The van der Waals surface area contributed by atoms with Crippen LogP contribution in [-0.2, 0) is 18.9 Å². The third kappa shape index (κ3) is 2.03. The SMILES string of the molecule is CCO[C@@H]1[C@H]2OC(C)(C)O[C@H]2O[C@@H]1CN. The molecule has 0 aromatic heterocycles. The largest absolute Gasteiger partial charge is 0.373 e. The van der Waals surface area contributed by atoms with Gasteiger partial charge >= 0.3 is 0 Å². The van der Waals surface area contributed by atoms with Gasteiger partial charge in [-0.3, -0.25) is 0 Å². The van der Waals surface area contributed by atoms with Crippen LogP contribution in [0.3, 0.4) is 0 Å². The molecule has 0 aromatic carbocycles. The highest BCUT2D eigenvalue weighted by Gasteiger charge is 2.54. The maximum atomic E-state index is 5.74. The van der Waals surface area contributed by atoms with E-state index in [2.05, 4.69) is 0 Å². The first kappa shape index (κ1) is 11.3. The van der Waals surface area contributed by atoms with Crippen molar-refractivity contribution in [3.63, 3.8) is 0 Å². The summed E-state index contributed by atoms with van der Waals surface area (Å²) in [6.07, 6.45) is -0.749. The van der Waals surface area contributed by atoms with Crippen LogP contribution >= 0.6 is 0 Å². The molecule has 0 aliphatic carbocycles. The van der Waals surface area contributed by atoms with Gasteiger partial charge in [0.2, 0.25) is 0 Å². The quantitative estimate of drug-likeness (QED) is 0.733. The van der Waals surface area contributed by atoms with Crippen molar-refractivity contribution in [3.05, 3.63) is 0 Å². The second kappa shape index (κ2) is 3.99. The van der Waals surface area contributed by atoms with Crippen molar-refractivity contribution in [2.24, 2.45) is 5.73 Å². The summed E-state index contributed by atoms with van der Waals surface area (Å²) in [5, 5.41) is 0. The van der Waals surface area contributed by atoms with Gasteiger partial charge in [-0.2, -0.15) is 0 Å². The number of nitrogens with two attached hydrogens (primary N) is 1. The lowest BCUT2D eigenvalue weighted by Gasteiger charge is -2.24. The second-order valence-electron chi connectivity index (χ2n) is 4.30. The molecule has 5 nitrogen and oxygen atoms in total. The van der Waals surface area contributed by atoms with Gasteiger partial charge in [0.05, 0.1) is 0 Å². The summed E-state index contributed by atoms with van der Waals surface area (Å²) in [7, 11) is 0. The monoisotopic (exact) mass is 217 g/mol. The number of ether oxygens (including phenoxy) is 4. The van der Waals surface area contributed by atoms with Crippen LogP contribution in [0.4, 0.5) is 0 Å². The minimum Gasteiger partial charge on any atom is -0.373 e. The lowest BCUT2D eigenvalue weighted by molar-refractivity contribution is -0.216. The topological polar surface area (TPSA) is 62.9 Å². The number of hydrogen-bond acceptors (Lipinski definition) is 5. The first-order chi connectivity index (χ1) is 7.07. The van der Waals surface area contributed by atoms with Crippen LogP contribution < -0.4 is 5.73 Å². The highest BCUT2D eigenvalue weighted by molar-refractivity contribution is 4.94. The second-order valence-corrected chi connectivity index (χ2v) is 4.30. The Morgan fingerprint density at radius 1 is 1.33 bits per heavy atom. The van der Waals surface area contributed by atoms with E-state index in [0.717, 1.165) is 0 Å². The molecule has 0 aromatic rings. The summed E-state index contributed by atoms with van der Waals surface area (Å²) < 4.78 is 22.6. The lowest BCUT2D eigenvalue weighted by Crippen LogP contribution is -2.40. The molecule has 2 aliphatic rings. The molecule has 0 bridgehead atoms. The standard InChI is InChI=1S/C10H19NO4/c1-4-12-7-6(5-11)13-9-8(7)14-10(2,3)15-9/h6-9H,4-5,11H2,1-3H3/t6-,7+,8-,9-/m1/s1. The summed E-state index contributed by atoms with van der Waals surface area (Å²) in [5.74, 6) is -0.593. The Morgan fingerprint density at radius 3 is 2.67 bits per heavy atom. The molecule has 88 valence electrons. The van der Waals surface area contributed by atoms with Gasteiger partial charge in [0.1, 0.15) is 18.3 Å². The first-order valence-electron chi connectivity index (χ1n) is 5.40. The van der Waals surface area contributed by atoms with Crippen LogP contribution in [0.2, 0.25) is 0 Å². The van der Waals surface area contributed by atoms with E-state index in [1.165, 1.54) is 0 Å². The minimum absolute atomic E-state index is 0.119. The van der Waals surface area contributed by atoms with Crippen LogP contribution in [0.5, 0.6) is 0 Å². The average molecular weight is 217 g/mol. The predicted molar refractivity (Wildman–Crippen MR) is 53.2 cm³/mol. The summed E-state index contributed by atoms with van der Waals surface area (Å²) in [4.78, 5) is 0. The molecule has 2 aliphatic heterocycles. The van der Waals surface area contributed by atoms with E-state index in [1.807, 2.05) is 20.8 Å². The van der Waals surface area contributed by atoms with E-state index in [-0.39, 0.29) is 24.6 Å². The smallest absolute Gasteiger partial charge is 0.190 e. The van der Waals surface area contributed by atoms with Gasteiger partial charge in [-0.1, -0.05) is 0 Å². The molecule has 2 saturated heterocycles. The van der Waals surface area contributed by atoms with Crippen molar-refractivity contribution >= 4 is 0 Å². The molecule has 0 spiro atoms. The molecule has 2 rings (SSSR count). The molecule has 2 heterocycles. The van der Waals surface area contributed by atoms with Crippen LogP contribution in [0.25, 0.3) is 0 Å². The molecule has 2 fully saturated rings. The van der Waals surface area contributed by atoms with Crippen molar-refractivity contribution in [3.8, 4) is 0 Å². The van der Waals surface area contributed by atoms with Crippen LogP contribution in [0.15, 0.2) is 0 Å². The van der Waals surface area contributed by atoms with Gasteiger partial charge in [-0.05, 0) is 20.8 Å². The third-order valence-corrected chi connectivity index (χ3v) is 2.68. The average Bonchev–Trinajstić information content (AvgIpc) is 2.60. The van der Waals surface area contributed by atoms with Crippen molar-refractivity contribution in [2.45, 2.75) is 51.2 Å². The van der Waals surface area contributed by atoms with E-state index < -0.39 is 5.79 Å². The van der Waals surface area contributed by atoms with E-state index in [0.29, 0.717) is 13.2 Å². The lowest BCUT2D eigenvalue weighted by atomic mass is 10.1. The summed E-state index contributed by atoms with van der Waals surface area (Å²) >= 11 is 0. The molecule has 15 heavy (non-hydrogen) atoms. The third-order valence-electron chi connectivity index (χ3n) is 2.68. The Hall–Kier alpha value is -0.200. The number of rotatable bonds is 3.